The molecule has 0 unspecified atom stereocenters. The van der Waals surface area contributed by atoms with Crippen LogP contribution in [0.5, 0.6) is 5.75 Å². The van der Waals surface area contributed by atoms with Crippen LogP contribution < -0.4 is 11.1 Å². The van der Waals surface area contributed by atoms with Gasteiger partial charge in [0.25, 0.3) is 5.91 Å². The largest absolute Gasteiger partial charge is 0.508 e. The first-order valence-corrected chi connectivity index (χ1v) is 5.53. The lowest BCUT2D eigenvalue weighted by atomic mass is 10.1. The summed E-state index contributed by atoms with van der Waals surface area (Å²) in [5.41, 5.74) is 5.54. The average Bonchev–Trinajstić information content (AvgIpc) is 3.07. The summed E-state index contributed by atoms with van der Waals surface area (Å²) in [5, 5.41) is 11.7. The SMILES string of the molecule is NCC1(CNC(=O)c2ccc(O)cc2F)CC1. The predicted octanol–water partition coefficient (Wildman–Crippen LogP) is 1.00. The molecule has 0 radical (unpaired) electrons. The van der Waals surface area contributed by atoms with E-state index in [2.05, 4.69) is 5.32 Å². The molecule has 0 heterocycles. The van der Waals surface area contributed by atoms with Gasteiger partial charge in [-0.3, -0.25) is 4.79 Å². The number of rotatable bonds is 4. The van der Waals surface area contributed by atoms with E-state index in [1.165, 1.54) is 12.1 Å². The van der Waals surface area contributed by atoms with Gasteiger partial charge in [-0.05, 0) is 31.5 Å². The zero-order valence-corrected chi connectivity index (χ0v) is 9.37. The van der Waals surface area contributed by atoms with E-state index in [1.807, 2.05) is 0 Å². The molecule has 1 fully saturated rings. The standard InChI is InChI=1S/C12H15FN2O2/c13-10-5-8(16)1-2-9(10)11(17)15-7-12(6-14)3-4-12/h1-2,5,16H,3-4,6-7,14H2,(H,15,17). The summed E-state index contributed by atoms with van der Waals surface area (Å²) < 4.78 is 13.4. The van der Waals surface area contributed by atoms with Gasteiger partial charge in [-0.15, -0.1) is 0 Å². The van der Waals surface area contributed by atoms with Crippen molar-refractivity contribution in [3.05, 3.63) is 29.6 Å². The second-order valence-corrected chi connectivity index (χ2v) is 4.55. The number of phenols is 1. The Kier molecular flexibility index (Phi) is 3.02. The van der Waals surface area contributed by atoms with E-state index in [1.54, 1.807) is 0 Å². The van der Waals surface area contributed by atoms with Crippen LogP contribution in [-0.2, 0) is 0 Å². The van der Waals surface area contributed by atoms with Crippen LogP contribution in [0.15, 0.2) is 18.2 Å². The minimum Gasteiger partial charge on any atom is -0.508 e. The molecule has 0 aliphatic heterocycles. The number of benzene rings is 1. The Bertz CT molecular complexity index is 444. The highest BCUT2D eigenvalue weighted by atomic mass is 19.1. The van der Waals surface area contributed by atoms with Crippen LogP contribution in [0.1, 0.15) is 23.2 Å². The van der Waals surface area contributed by atoms with Gasteiger partial charge < -0.3 is 16.2 Å². The summed E-state index contributed by atoms with van der Waals surface area (Å²) in [6.07, 6.45) is 2.00. The molecule has 0 saturated heterocycles. The molecule has 92 valence electrons. The van der Waals surface area contributed by atoms with Crippen molar-refractivity contribution in [3.8, 4) is 5.75 Å². The van der Waals surface area contributed by atoms with Crippen LogP contribution in [0.3, 0.4) is 0 Å². The molecule has 4 nitrogen and oxygen atoms in total. The number of phenolic OH excluding ortho intramolecular Hbond substituents is 1. The van der Waals surface area contributed by atoms with Crippen LogP contribution in [0.25, 0.3) is 0 Å². The zero-order valence-electron chi connectivity index (χ0n) is 9.37. The van der Waals surface area contributed by atoms with Gasteiger partial charge in [0.1, 0.15) is 11.6 Å². The van der Waals surface area contributed by atoms with Crippen molar-refractivity contribution < 1.29 is 14.3 Å². The molecule has 0 spiro atoms. The topological polar surface area (TPSA) is 75.3 Å². The molecule has 17 heavy (non-hydrogen) atoms. The fourth-order valence-electron chi connectivity index (χ4n) is 1.68. The Hall–Kier alpha value is -1.62. The summed E-state index contributed by atoms with van der Waals surface area (Å²) in [6, 6.07) is 3.47. The number of carbonyl (C=O) groups is 1. The third kappa shape index (κ3) is 2.55. The highest BCUT2D eigenvalue weighted by Crippen LogP contribution is 2.43. The number of nitrogens with two attached hydrogens (primary N) is 1. The van der Waals surface area contributed by atoms with E-state index < -0.39 is 11.7 Å². The van der Waals surface area contributed by atoms with E-state index >= 15 is 0 Å². The summed E-state index contributed by atoms with van der Waals surface area (Å²) in [5.74, 6) is -1.39. The molecular weight excluding hydrogens is 223 g/mol. The van der Waals surface area contributed by atoms with E-state index in [-0.39, 0.29) is 16.7 Å². The van der Waals surface area contributed by atoms with Crippen LogP contribution in [0.4, 0.5) is 4.39 Å². The van der Waals surface area contributed by atoms with Gasteiger partial charge in [-0.2, -0.15) is 0 Å². The van der Waals surface area contributed by atoms with E-state index in [0.717, 1.165) is 18.9 Å². The maximum Gasteiger partial charge on any atom is 0.254 e. The van der Waals surface area contributed by atoms with Crippen LogP contribution in [0.2, 0.25) is 0 Å². The van der Waals surface area contributed by atoms with Crippen molar-refractivity contribution in [2.24, 2.45) is 11.1 Å². The molecule has 1 saturated carbocycles. The third-order valence-corrected chi connectivity index (χ3v) is 3.21. The first-order valence-electron chi connectivity index (χ1n) is 5.53. The van der Waals surface area contributed by atoms with Gasteiger partial charge in [0.15, 0.2) is 0 Å². The molecule has 1 aliphatic carbocycles. The number of halogens is 1. The number of nitrogens with one attached hydrogen (secondary N) is 1. The minimum absolute atomic E-state index is 0.0169. The molecule has 2 rings (SSSR count). The van der Waals surface area contributed by atoms with Crippen molar-refractivity contribution in [1.29, 1.82) is 0 Å². The lowest BCUT2D eigenvalue weighted by molar-refractivity contribution is 0.0941. The van der Waals surface area contributed by atoms with Gasteiger partial charge >= 0.3 is 0 Å². The fraction of sp³-hybridized carbons (Fsp3) is 0.417. The Morgan fingerprint density at radius 3 is 2.76 bits per heavy atom. The molecule has 0 atom stereocenters. The molecule has 0 aromatic heterocycles. The van der Waals surface area contributed by atoms with Gasteiger partial charge in [0, 0.05) is 18.0 Å². The Morgan fingerprint density at radius 2 is 2.24 bits per heavy atom. The molecule has 1 aromatic rings. The fourth-order valence-corrected chi connectivity index (χ4v) is 1.68. The van der Waals surface area contributed by atoms with E-state index in [9.17, 15) is 9.18 Å². The van der Waals surface area contributed by atoms with Crippen LogP contribution in [-0.4, -0.2) is 24.1 Å². The molecule has 5 heteroatoms. The molecule has 0 bridgehead atoms. The number of hydrogen-bond donors (Lipinski definition) is 3. The van der Waals surface area contributed by atoms with Gasteiger partial charge in [0.05, 0.1) is 5.56 Å². The number of carbonyl (C=O) groups excluding carboxylic acids is 1. The second-order valence-electron chi connectivity index (χ2n) is 4.55. The summed E-state index contributed by atoms with van der Waals surface area (Å²) in [7, 11) is 0. The van der Waals surface area contributed by atoms with Crippen molar-refractivity contribution in [1.82, 2.24) is 5.32 Å². The normalized spacial score (nSPS) is 16.6. The lowest BCUT2D eigenvalue weighted by Crippen LogP contribution is -2.34. The Labute approximate surface area is 98.6 Å². The molecule has 1 amide bonds. The number of aromatic hydroxyl groups is 1. The highest BCUT2D eigenvalue weighted by molar-refractivity contribution is 5.94. The number of amides is 1. The van der Waals surface area contributed by atoms with Gasteiger partial charge in [-0.1, -0.05) is 0 Å². The van der Waals surface area contributed by atoms with Crippen molar-refractivity contribution >= 4 is 5.91 Å². The highest BCUT2D eigenvalue weighted by Gasteiger charge is 2.41. The third-order valence-electron chi connectivity index (χ3n) is 3.21. The van der Waals surface area contributed by atoms with Gasteiger partial charge in [-0.25, -0.2) is 4.39 Å². The Morgan fingerprint density at radius 1 is 1.53 bits per heavy atom. The zero-order chi connectivity index (χ0) is 12.5. The number of hydrogen-bond acceptors (Lipinski definition) is 3. The minimum atomic E-state index is -0.722. The van der Waals surface area contributed by atoms with Crippen LogP contribution in [0, 0.1) is 11.2 Å². The molecule has 1 aromatic carbocycles. The first-order chi connectivity index (χ1) is 8.06. The molecule has 4 N–H and O–H groups in total. The second kappa shape index (κ2) is 4.33. The summed E-state index contributed by atoms with van der Waals surface area (Å²) in [4.78, 5) is 11.7. The smallest absolute Gasteiger partial charge is 0.254 e. The predicted molar refractivity (Wildman–Crippen MR) is 61.1 cm³/mol. The monoisotopic (exact) mass is 238 g/mol. The maximum absolute atomic E-state index is 13.4. The quantitative estimate of drug-likeness (QED) is 0.732. The molecule has 1 aliphatic rings. The summed E-state index contributed by atoms with van der Waals surface area (Å²) >= 11 is 0. The van der Waals surface area contributed by atoms with Crippen molar-refractivity contribution in [2.75, 3.05) is 13.1 Å². The Balaban J connectivity index is 2.00. The first kappa shape index (κ1) is 11.9. The average molecular weight is 238 g/mol. The van der Waals surface area contributed by atoms with Crippen LogP contribution >= 0.6 is 0 Å². The van der Waals surface area contributed by atoms with Crippen molar-refractivity contribution in [3.63, 3.8) is 0 Å². The summed E-state index contributed by atoms with van der Waals surface area (Å²) in [6.45, 7) is 1.01. The maximum atomic E-state index is 13.4. The van der Waals surface area contributed by atoms with E-state index in [4.69, 9.17) is 10.8 Å². The lowest BCUT2D eigenvalue weighted by Gasteiger charge is -2.13. The van der Waals surface area contributed by atoms with Gasteiger partial charge in [0.2, 0.25) is 0 Å². The van der Waals surface area contributed by atoms with E-state index in [0.29, 0.717) is 13.1 Å². The molecular formula is C12H15FN2O2. The van der Waals surface area contributed by atoms with Crippen molar-refractivity contribution in [2.45, 2.75) is 12.8 Å².